The van der Waals surface area contributed by atoms with Crippen molar-refractivity contribution in [2.75, 3.05) is 18.4 Å². The molecule has 1 fully saturated rings. The molecule has 0 spiro atoms. The average Bonchev–Trinajstić information content (AvgIpc) is 3.50. The molecule has 0 unspecified atom stereocenters. The number of hydrogen-bond acceptors (Lipinski definition) is 5. The Hall–Kier alpha value is -3.71. The Morgan fingerprint density at radius 1 is 1.06 bits per heavy atom. The van der Waals surface area contributed by atoms with Crippen LogP contribution < -0.4 is 5.32 Å². The lowest BCUT2D eigenvalue weighted by atomic mass is 10.0. The lowest BCUT2D eigenvalue weighted by Gasteiger charge is -2.32. The van der Waals surface area contributed by atoms with E-state index in [2.05, 4.69) is 44.6 Å². The highest BCUT2D eigenvalue weighted by atomic mass is 16.3. The summed E-state index contributed by atoms with van der Waals surface area (Å²) < 4.78 is 7.67. The van der Waals surface area contributed by atoms with Gasteiger partial charge in [0.25, 0.3) is 5.91 Å². The lowest BCUT2D eigenvalue weighted by molar-refractivity contribution is 0.102. The molecule has 1 N–H and O–H groups in total. The van der Waals surface area contributed by atoms with Gasteiger partial charge in [-0.3, -0.25) is 14.7 Å². The van der Waals surface area contributed by atoms with Crippen molar-refractivity contribution in [1.82, 2.24) is 19.7 Å². The number of nitrogens with one attached hydrogen (secondary N) is 1. The molecule has 5 rings (SSSR count). The van der Waals surface area contributed by atoms with Gasteiger partial charge in [-0.2, -0.15) is 5.10 Å². The van der Waals surface area contributed by atoms with E-state index in [0.29, 0.717) is 5.56 Å². The van der Waals surface area contributed by atoms with E-state index in [1.807, 2.05) is 29.8 Å². The van der Waals surface area contributed by atoms with Crippen molar-refractivity contribution in [2.24, 2.45) is 0 Å². The van der Waals surface area contributed by atoms with Gasteiger partial charge in [0.1, 0.15) is 17.3 Å². The Morgan fingerprint density at radius 3 is 2.58 bits per heavy atom. The third-order valence-corrected chi connectivity index (χ3v) is 6.12. The van der Waals surface area contributed by atoms with Crippen LogP contribution in [0.4, 0.5) is 5.82 Å². The van der Waals surface area contributed by atoms with Crippen LogP contribution in [0.2, 0.25) is 0 Å². The Bertz CT molecular complexity index is 1200. The van der Waals surface area contributed by atoms with Gasteiger partial charge in [-0.25, -0.2) is 4.68 Å². The van der Waals surface area contributed by atoms with Gasteiger partial charge in [0, 0.05) is 43.7 Å². The zero-order valence-corrected chi connectivity index (χ0v) is 18.6. The van der Waals surface area contributed by atoms with Crippen molar-refractivity contribution in [3.05, 3.63) is 90.1 Å². The lowest BCUT2D eigenvalue weighted by Crippen LogP contribution is -2.35. The fourth-order valence-electron chi connectivity index (χ4n) is 4.33. The van der Waals surface area contributed by atoms with E-state index in [4.69, 9.17) is 4.42 Å². The maximum atomic E-state index is 12.5. The smallest absolute Gasteiger partial charge is 0.258 e. The molecule has 4 heterocycles. The molecule has 7 nitrogen and oxygen atoms in total. The zero-order valence-electron chi connectivity index (χ0n) is 18.6. The van der Waals surface area contributed by atoms with Crippen LogP contribution in [0, 0.1) is 6.92 Å². The van der Waals surface area contributed by atoms with Crippen LogP contribution in [0.1, 0.15) is 40.6 Å². The Labute approximate surface area is 193 Å². The van der Waals surface area contributed by atoms with Crippen LogP contribution in [0.3, 0.4) is 0 Å². The normalized spacial score (nSPS) is 14.9. The van der Waals surface area contributed by atoms with E-state index >= 15 is 0 Å². The third-order valence-electron chi connectivity index (χ3n) is 6.12. The van der Waals surface area contributed by atoms with Crippen LogP contribution in [0.25, 0.3) is 11.3 Å². The highest BCUT2D eigenvalue weighted by Gasteiger charge is 2.23. The van der Waals surface area contributed by atoms with E-state index < -0.39 is 0 Å². The Morgan fingerprint density at radius 2 is 1.88 bits per heavy atom. The Kier molecular flexibility index (Phi) is 6.04. The summed E-state index contributed by atoms with van der Waals surface area (Å²) in [6.07, 6.45) is 6.94. The third kappa shape index (κ3) is 4.88. The maximum absolute atomic E-state index is 12.5. The van der Waals surface area contributed by atoms with Gasteiger partial charge in [0.05, 0.1) is 17.8 Å². The number of carbonyl (C=O) groups excluding carboxylic acids is 1. The van der Waals surface area contributed by atoms with Crippen molar-refractivity contribution in [2.45, 2.75) is 32.4 Å². The summed E-state index contributed by atoms with van der Waals surface area (Å²) in [7, 11) is 0. The Balaban J connectivity index is 1.17. The number of amides is 1. The molecule has 1 aliphatic heterocycles. The number of aryl methyl sites for hydroxylation is 1. The fraction of sp³-hybridized carbons (Fsp3) is 0.269. The van der Waals surface area contributed by atoms with Gasteiger partial charge in [-0.05, 0) is 49.6 Å². The molecule has 0 bridgehead atoms. The molecule has 168 valence electrons. The van der Waals surface area contributed by atoms with Crippen molar-refractivity contribution in [1.29, 1.82) is 0 Å². The molecule has 1 aliphatic rings. The van der Waals surface area contributed by atoms with Gasteiger partial charge >= 0.3 is 0 Å². The molecular weight excluding hydrogens is 414 g/mol. The molecule has 33 heavy (non-hydrogen) atoms. The van der Waals surface area contributed by atoms with Crippen molar-refractivity contribution >= 4 is 11.7 Å². The summed E-state index contributed by atoms with van der Waals surface area (Å²) in [4.78, 5) is 19.0. The number of likely N-dealkylation sites (tertiary alicyclic amines) is 1. The van der Waals surface area contributed by atoms with E-state index in [9.17, 15) is 4.79 Å². The highest BCUT2D eigenvalue weighted by molar-refractivity contribution is 6.03. The van der Waals surface area contributed by atoms with Crippen LogP contribution in [0.15, 0.2) is 77.6 Å². The summed E-state index contributed by atoms with van der Waals surface area (Å²) in [6.45, 7) is 4.86. The number of benzene rings is 1. The molecule has 0 saturated carbocycles. The first-order valence-corrected chi connectivity index (χ1v) is 11.3. The molecule has 3 aromatic heterocycles. The van der Waals surface area contributed by atoms with Crippen LogP contribution >= 0.6 is 0 Å². The molecular formula is C26H27N5O2. The maximum Gasteiger partial charge on any atom is 0.258 e. The summed E-state index contributed by atoms with van der Waals surface area (Å²) in [5.41, 5.74) is 2.93. The van der Waals surface area contributed by atoms with Crippen LogP contribution in [0.5, 0.6) is 0 Å². The van der Waals surface area contributed by atoms with E-state index in [-0.39, 0.29) is 11.9 Å². The second kappa shape index (κ2) is 9.42. The van der Waals surface area contributed by atoms with Crippen LogP contribution in [-0.4, -0.2) is 38.7 Å². The molecule has 0 atom stereocenters. The minimum atomic E-state index is -0.171. The summed E-state index contributed by atoms with van der Waals surface area (Å²) in [6, 6.07) is 18.2. The van der Waals surface area contributed by atoms with Crippen molar-refractivity contribution < 1.29 is 9.21 Å². The second-order valence-electron chi connectivity index (χ2n) is 8.47. The van der Waals surface area contributed by atoms with Gasteiger partial charge in [0.15, 0.2) is 0 Å². The van der Waals surface area contributed by atoms with Crippen molar-refractivity contribution in [3.8, 4) is 11.3 Å². The summed E-state index contributed by atoms with van der Waals surface area (Å²) in [5, 5.41) is 7.47. The number of carbonyl (C=O) groups is 1. The SMILES string of the molecule is Cc1ccc(-c2ccc(CN3CCC(n4nccc4NC(=O)c4cccnc4)CC3)cc2)o1. The topological polar surface area (TPSA) is 76.2 Å². The number of anilines is 1. The number of rotatable bonds is 6. The quantitative estimate of drug-likeness (QED) is 0.459. The largest absolute Gasteiger partial charge is 0.461 e. The first kappa shape index (κ1) is 21.2. The first-order chi connectivity index (χ1) is 16.2. The van der Waals surface area contributed by atoms with E-state index in [1.54, 1.807) is 30.7 Å². The van der Waals surface area contributed by atoms with E-state index in [0.717, 1.165) is 55.4 Å². The fourth-order valence-corrected chi connectivity index (χ4v) is 4.33. The van der Waals surface area contributed by atoms with E-state index in [1.165, 1.54) is 5.56 Å². The average molecular weight is 442 g/mol. The molecule has 7 heteroatoms. The number of pyridine rings is 1. The first-order valence-electron chi connectivity index (χ1n) is 11.3. The molecule has 0 aliphatic carbocycles. The van der Waals surface area contributed by atoms with Gasteiger partial charge < -0.3 is 9.73 Å². The van der Waals surface area contributed by atoms with Gasteiger partial charge in [-0.1, -0.05) is 24.3 Å². The van der Waals surface area contributed by atoms with Gasteiger partial charge in [-0.15, -0.1) is 0 Å². The number of furan rings is 1. The number of hydrogen-bond donors (Lipinski definition) is 1. The van der Waals surface area contributed by atoms with Gasteiger partial charge in [0.2, 0.25) is 0 Å². The van der Waals surface area contributed by atoms with Crippen molar-refractivity contribution in [3.63, 3.8) is 0 Å². The number of nitrogens with zero attached hydrogens (tertiary/aromatic N) is 4. The predicted octanol–water partition coefficient (Wildman–Crippen LogP) is 4.94. The standard InChI is InChI=1S/C26H27N5O2/c1-19-4-9-24(33-19)21-7-5-20(6-8-21)18-30-15-11-23(12-16-30)31-25(10-14-28-31)29-26(32)22-3-2-13-27-17-22/h2-10,13-14,17,23H,11-12,15-16,18H2,1H3,(H,29,32). The number of piperidine rings is 1. The predicted molar refractivity (Wildman–Crippen MR) is 127 cm³/mol. The zero-order chi connectivity index (χ0) is 22.6. The minimum absolute atomic E-state index is 0.171. The second-order valence-corrected chi connectivity index (χ2v) is 8.47. The molecule has 4 aromatic rings. The molecule has 1 saturated heterocycles. The molecule has 1 amide bonds. The monoisotopic (exact) mass is 441 g/mol. The summed E-state index contributed by atoms with van der Waals surface area (Å²) in [5.74, 6) is 2.39. The molecule has 1 aromatic carbocycles. The number of aromatic nitrogens is 3. The van der Waals surface area contributed by atoms with Crippen LogP contribution in [-0.2, 0) is 6.54 Å². The highest BCUT2D eigenvalue weighted by Crippen LogP contribution is 2.27. The minimum Gasteiger partial charge on any atom is -0.461 e. The molecule has 0 radical (unpaired) electrons. The summed E-state index contributed by atoms with van der Waals surface area (Å²) >= 11 is 0.